The summed E-state index contributed by atoms with van der Waals surface area (Å²) >= 11 is 0. The number of anilines is 1. The Morgan fingerprint density at radius 2 is 2.19 bits per heavy atom. The SMILES string of the molecule is CC1CC(C)N(c2ccc(C#N)c(F)c2)C1. The van der Waals surface area contributed by atoms with Gasteiger partial charge in [-0.15, -0.1) is 0 Å². The van der Waals surface area contributed by atoms with Gasteiger partial charge in [0.05, 0.1) is 5.56 Å². The summed E-state index contributed by atoms with van der Waals surface area (Å²) in [6.45, 7) is 5.32. The Kier molecular flexibility index (Phi) is 2.82. The van der Waals surface area contributed by atoms with Crippen LogP contribution in [0.5, 0.6) is 0 Å². The van der Waals surface area contributed by atoms with Crippen LogP contribution < -0.4 is 4.90 Å². The highest BCUT2D eigenvalue weighted by atomic mass is 19.1. The summed E-state index contributed by atoms with van der Waals surface area (Å²) in [5.41, 5.74) is 0.997. The van der Waals surface area contributed by atoms with E-state index in [-0.39, 0.29) is 5.56 Å². The molecule has 1 heterocycles. The molecule has 2 atom stereocenters. The number of hydrogen-bond acceptors (Lipinski definition) is 2. The highest BCUT2D eigenvalue weighted by molar-refractivity contribution is 5.52. The van der Waals surface area contributed by atoms with Gasteiger partial charge in [0.1, 0.15) is 11.9 Å². The van der Waals surface area contributed by atoms with E-state index in [4.69, 9.17) is 5.26 Å². The average Bonchev–Trinajstić information content (AvgIpc) is 2.58. The van der Waals surface area contributed by atoms with Gasteiger partial charge in [-0.25, -0.2) is 4.39 Å². The molecule has 0 bridgehead atoms. The zero-order valence-electron chi connectivity index (χ0n) is 9.57. The monoisotopic (exact) mass is 218 g/mol. The molecule has 2 unspecified atom stereocenters. The second-order valence-corrected chi connectivity index (χ2v) is 4.62. The van der Waals surface area contributed by atoms with Crippen molar-refractivity contribution < 1.29 is 4.39 Å². The van der Waals surface area contributed by atoms with Crippen LogP contribution in [0.15, 0.2) is 18.2 Å². The van der Waals surface area contributed by atoms with Crippen molar-refractivity contribution in [2.24, 2.45) is 5.92 Å². The lowest BCUT2D eigenvalue weighted by atomic mass is 10.1. The maximum absolute atomic E-state index is 13.5. The van der Waals surface area contributed by atoms with Crippen LogP contribution in [0.2, 0.25) is 0 Å². The zero-order valence-corrected chi connectivity index (χ0v) is 9.57. The minimum absolute atomic E-state index is 0.114. The molecule has 16 heavy (non-hydrogen) atoms. The van der Waals surface area contributed by atoms with Gasteiger partial charge in [0.15, 0.2) is 0 Å². The Bertz CT molecular complexity index is 436. The lowest BCUT2D eigenvalue weighted by molar-refractivity contribution is 0.621. The third-order valence-electron chi connectivity index (χ3n) is 3.19. The summed E-state index contributed by atoms with van der Waals surface area (Å²) in [5.74, 6) is 0.223. The minimum atomic E-state index is -0.424. The standard InChI is InChI=1S/C13H15FN2/c1-9-5-10(2)16(8-9)12-4-3-11(7-15)13(14)6-12/h3-4,6,9-10H,5,8H2,1-2H3. The lowest BCUT2D eigenvalue weighted by Gasteiger charge is -2.23. The van der Waals surface area contributed by atoms with Crippen molar-refractivity contribution in [1.29, 1.82) is 5.26 Å². The molecule has 1 aliphatic heterocycles. The van der Waals surface area contributed by atoms with Crippen molar-refractivity contribution in [2.45, 2.75) is 26.3 Å². The van der Waals surface area contributed by atoms with Crippen LogP contribution in [0.1, 0.15) is 25.8 Å². The Balaban J connectivity index is 2.29. The van der Waals surface area contributed by atoms with E-state index >= 15 is 0 Å². The summed E-state index contributed by atoms with van der Waals surface area (Å²) in [5, 5.41) is 8.67. The van der Waals surface area contributed by atoms with E-state index in [1.54, 1.807) is 6.07 Å². The first-order valence-corrected chi connectivity index (χ1v) is 5.58. The number of hydrogen-bond donors (Lipinski definition) is 0. The Morgan fingerprint density at radius 1 is 1.44 bits per heavy atom. The Hall–Kier alpha value is -1.56. The topological polar surface area (TPSA) is 27.0 Å². The van der Waals surface area contributed by atoms with Gasteiger partial charge in [0, 0.05) is 18.3 Å². The van der Waals surface area contributed by atoms with Crippen molar-refractivity contribution in [3.63, 3.8) is 0 Å². The highest BCUT2D eigenvalue weighted by Gasteiger charge is 2.26. The number of halogens is 1. The van der Waals surface area contributed by atoms with Crippen molar-refractivity contribution in [3.8, 4) is 6.07 Å². The van der Waals surface area contributed by atoms with E-state index in [2.05, 4.69) is 18.7 Å². The maximum Gasteiger partial charge on any atom is 0.143 e. The van der Waals surface area contributed by atoms with E-state index in [0.29, 0.717) is 12.0 Å². The fourth-order valence-corrected chi connectivity index (χ4v) is 2.43. The van der Waals surface area contributed by atoms with Crippen LogP contribution in [-0.2, 0) is 0 Å². The molecule has 1 aromatic rings. The van der Waals surface area contributed by atoms with Gasteiger partial charge in [-0.2, -0.15) is 5.26 Å². The van der Waals surface area contributed by atoms with E-state index in [9.17, 15) is 4.39 Å². The quantitative estimate of drug-likeness (QED) is 0.724. The van der Waals surface area contributed by atoms with Gasteiger partial charge < -0.3 is 4.90 Å². The predicted molar refractivity (Wildman–Crippen MR) is 61.7 cm³/mol. The predicted octanol–water partition coefficient (Wildman–Crippen LogP) is 2.93. The molecule has 2 nitrogen and oxygen atoms in total. The molecule has 84 valence electrons. The van der Waals surface area contributed by atoms with Gasteiger partial charge in [-0.1, -0.05) is 6.92 Å². The molecule has 0 spiro atoms. The Labute approximate surface area is 95.3 Å². The average molecular weight is 218 g/mol. The van der Waals surface area contributed by atoms with E-state index in [1.807, 2.05) is 12.1 Å². The smallest absolute Gasteiger partial charge is 0.143 e. The van der Waals surface area contributed by atoms with Gasteiger partial charge in [-0.05, 0) is 37.5 Å². The van der Waals surface area contributed by atoms with E-state index in [1.165, 1.54) is 6.07 Å². The van der Waals surface area contributed by atoms with Crippen molar-refractivity contribution in [2.75, 3.05) is 11.4 Å². The van der Waals surface area contributed by atoms with E-state index < -0.39 is 5.82 Å². The summed E-state index contributed by atoms with van der Waals surface area (Å²) < 4.78 is 13.5. The molecule has 1 aliphatic rings. The molecular formula is C13H15FN2. The zero-order chi connectivity index (χ0) is 11.7. The fourth-order valence-electron chi connectivity index (χ4n) is 2.43. The summed E-state index contributed by atoms with van der Waals surface area (Å²) in [4.78, 5) is 2.20. The molecular weight excluding hydrogens is 203 g/mol. The molecule has 1 saturated heterocycles. The number of benzene rings is 1. The van der Waals surface area contributed by atoms with Gasteiger partial charge in [0.2, 0.25) is 0 Å². The molecule has 2 rings (SSSR count). The van der Waals surface area contributed by atoms with Crippen molar-refractivity contribution in [1.82, 2.24) is 0 Å². The summed E-state index contributed by atoms with van der Waals surface area (Å²) in [6, 6.07) is 7.14. The van der Waals surface area contributed by atoms with Gasteiger partial charge >= 0.3 is 0 Å². The van der Waals surface area contributed by atoms with Crippen LogP contribution in [0.3, 0.4) is 0 Å². The molecule has 1 fully saturated rings. The molecule has 0 saturated carbocycles. The molecule has 0 radical (unpaired) electrons. The molecule has 0 N–H and O–H groups in total. The van der Waals surface area contributed by atoms with Crippen LogP contribution >= 0.6 is 0 Å². The maximum atomic E-state index is 13.5. The van der Waals surface area contributed by atoms with Gasteiger partial charge in [-0.3, -0.25) is 0 Å². The number of nitriles is 1. The van der Waals surface area contributed by atoms with Crippen LogP contribution in [0.25, 0.3) is 0 Å². The second kappa shape index (κ2) is 4.13. The third-order valence-corrected chi connectivity index (χ3v) is 3.19. The molecule has 0 aliphatic carbocycles. The van der Waals surface area contributed by atoms with Crippen LogP contribution in [0, 0.1) is 23.1 Å². The van der Waals surface area contributed by atoms with Crippen molar-refractivity contribution in [3.05, 3.63) is 29.6 Å². The number of rotatable bonds is 1. The van der Waals surface area contributed by atoms with Crippen LogP contribution in [0.4, 0.5) is 10.1 Å². The first kappa shape index (κ1) is 10.9. The lowest BCUT2D eigenvalue weighted by Crippen LogP contribution is -2.26. The fraction of sp³-hybridized carbons (Fsp3) is 0.462. The van der Waals surface area contributed by atoms with Crippen molar-refractivity contribution >= 4 is 5.69 Å². The minimum Gasteiger partial charge on any atom is -0.368 e. The Morgan fingerprint density at radius 3 is 2.69 bits per heavy atom. The molecule has 3 heteroatoms. The summed E-state index contributed by atoms with van der Waals surface area (Å²) in [6.07, 6.45) is 1.14. The van der Waals surface area contributed by atoms with Crippen LogP contribution in [-0.4, -0.2) is 12.6 Å². The highest BCUT2D eigenvalue weighted by Crippen LogP contribution is 2.29. The normalized spacial score (nSPS) is 24.5. The first-order chi connectivity index (χ1) is 7.61. The molecule has 0 aromatic heterocycles. The molecule has 0 amide bonds. The first-order valence-electron chi connectivity index (χ1n) is 5.58. The summed E-state index contributed by atoms with van der Waals surface area (Å²) in [7, 11) is 0. The number of nitrogens with zero attached hydrogens (tertiary/aromatic N) is 2. The molecule has 1 aromatic carbocycles. The second-order valence-electron chi connectivity index (χ2n) is 4.62. The largest absolute Gasteiger partial charge is 0.368 e. The third kappa shape index (κ3) is 1.88. The van der Waals surface area contributed by atoms with E-state index in [0.717, 1.165) is 18.7 Å². The van der Waals surface area contributed by atoms with Gasteiger partial charge in [0.25, 0.3) is 0 Å².